The number of rotatable bonds is 7. The van der Waals surface area contributed by atoms with Crippen molar-refractivity contribution in [1.29, 1.82) is 0 Å². The number of fused-ring (bicyclic) bond motifs is 1. The van der Waals surface area contributed by atoms with Crippen LogP contribution in [0.1, 0.15) is 40.4 Å². The summed E-state index contributed by atoms with van der Waals surface area (Å²) in [6.07, 6.45) is 0.573. The number of hydrogen-bond donors (Lipinski definition) is 0. The molecule has 35 heavy (non-hydrogen) atoms. The van der Waals surface area contributed by atoms with Gasteiger partial charge in [0.05, 0.1) is 35.4 Å². The molecule has 1 saturated carbocycles. The highest BCUT2D eigenvalue weighted by Gasteiger charge is 2.50. The van der Waals surface area contributed by atoms with Gasteiger partial charge in [0.15, 0.2) is 6.10 Å². The Labute approximate surface area is 212 Å². The Kier molecular flexibility index (Phi) is 6.28. The van der Waals surface area contributed by atoms with Crippen molar-refractivity contribution >= 4 is 29.2 Å². The number of halogens is 2. The average molecular weight is 516 g/mol. The predicted molar refractivity (Wildman–Crippen MR) is 128 cm³/mol. The summed E-state index contributed by atoms with van der Waals surface area (Å²) in [4.78, 5) is 12.5. The molecule has 6 rings (SSSR count). The number of esters is 1. The maximum atomic E-state index is 12.5. The first-order chi connectivity index (χ1) is 17.1. The van der Waals surface area contributed by atoms with Crippen LogP contribution in [-0.2, 0) is 25.6 Å². The highest BCUT2D eigenvalue weighted by atomic mass is 35.5. The van der Waals surface area contributed by atoms with Crippen molar-refractivity contribution < 1.29 is 28.3 Å². The number of hydrogen-bond acceptors (Lipinski definition) is 7. The summed E-state index contributed by atoms with van der Waals surface area (Å²) < 4.78 is 29.6. The van der Waals surface area contributed by atoms with Crippen LogP contribution in [0, 0.1) is 0 Å². The summed E-state index contributed by atoms with van der Waals surface area (Å²) in [5, 5.41) is 5.31. The van der Waals surface area contributed by atoms with E-state index in [0.717, 1.165) is 24.2 Å². The minimum absolute atomic E-state index is 0.251. The van der Waals surface area contributed by atoms with E-state index in [4.69, 9.17) is 46.7 Å². The molecule has 3 heterocycles. The molecule has 0 spiro atoms. The molecule has 3 fully saturated rings. The molecule has 182 valence electrons. The number of carbonyl (C=O) groups is 1. The van der Waals surface area contributed by atoms with Crippen LogP contribution < -0.4 is 0 Å². The molecule has 1 aromatic heterocycles. The quantitative estimate of drug-likeness (QED) is 0.387. The molecular formula is C26H23Cl2NO6. The molecule has 2 aromatic carbocycles. The zero-order valence-electron chi connectivity index (χ0n) is 18.7. The first kappa shape index (κ1) is 23.0. The van der Waals surface area contributed by atoms with Gasteiger partial charge in [0.25, 0.3) is 0 Å². The first-order valence-corrected chi connectivity index (χ1v) is 12.4. The van der Waals surface area contributed by atoms with Crippen LogP contribution in [0.5, 0.6) is 0 Å². The minimum atomic E-state index is -0.489. The lowest BCUT2D eigenvalue weighted by Gasteiger charge is -2.18. The fourth-order valence-electron chi connectivity index (χ4n) is 4.69. The second-order valence-electron chi connectivity index (χ2n) is 9.00. The number of nitrogens with zero attached hydrogens (tertiary/aromatic N) is 1. The first-order valence-electron chi connectivity index (χ1n) is 11.6. The highest BCUT2D eigenvalue weighted by molar-refractivity contribution is 6.39. The lowest BCUT2D eigenvalue weighted by molar-refractivity contribution is -0.0473. The number of benzene rings is 2. The summed E-state index contributed by atoms with van der Waals surface area (Å²) in [5.74, 6) is 0.745. The number of aromatic nitrogens is 1. The van der Waals surface area contributed by atoms with Crippen molar-refractivity contribution in [2.24, 2.45) is 0 Å². The van der Waals surface area contributed by atoms with E-state index >= 15 is 0 Å². The standard InChI is InChI=1S/C26H23Cl2NO6/c27-17-7-4-8-18(28)21(17)22-16(23(35-29-22)14-9-10-14)11-31-19-12-32-25-20(13-33-24(19)25)34-26(30)15-5-2-1-3-6-15/h1-8,14,19-20,24-25H,9-13H2/t19-,20-,24+,25+/m0/s1. The molecule has 0 amide bonds. The summed E-state index contributed by atoms with van der Waals surface area (Å²) in [6.45, 7) is 0.844. The van der Waals surface area contributed by atoms with Crippen LogP contribution in [0.2, 0.25) is 10.0 Å². The van der Waals surface area contributed by atoms with Crippen LogP contribution in [0.25, 0.3) is 11.3 Å². The average Bonchev–Trinajstić information content (AvgIpc) is 3.32. The van der Waals surface area contributed by atoms with E-state index in [9.17, 15) is 4.79 Å². The maximum absolute atomic E-state index is 12.5. The zero-order valence-corrected chi connectivity index (χ0v) is 20.2. The molecule has 0 bridgehead atoms. The van der Waals surface area contributed by atoms with E-state index in [1.165, 1.54) is 0 Å². The van der Waals surface area contributed by atoms with Gasteiger partial charge in [-0.05, 0) is 37.1 Å². The molecule has 3 aliphatic rings. The molecule has 1 aliphatic carbocycles. The lowest BCUT2D eigenvalue weighted by atomic mass is 10.0. The fourth-order valence-corrected chi connectivity index (χ4v) is 5.27. The molecule has 7 nitrogen and oxygen atoms in total. The van der Waals surface area contributed by atoms with Gasteiger partial charge in [0, 0.05) is 17.0 Å². The van der Waals surface area contributed by atoms with Crippen molar-refractivity contribution in [2.75, 3.05) is 13.2 Å². The van der Waals surface area contributed by atoms with E-state index in [1.807, 2.05) is 6.07 Å². The van der Waals surface area contributed by atoms with Crippen LogP contribution in [-0.4, -0.2) is 48.8 Å². The molecule has 0 radical (unpaired) electrons. The molecule has 3 aromatic rings. The highest BCUT2D eigenvalue weighted by Crippen LogP contribution is 2.46. The second kappa shape index (κ2) is 9.56. The topological polar surface area (TPSA) is 80.0 Å². The third-order valence-electron chi connectivity index (χ3n) is 6.64. The Bertz CT molecular complexity index is 1210. The second-order valence-corrected chi connectivity index (χ2v) is 9.81. The molecule has 9 heteroatoms. The van der Waals surface area contributed by atoms with Gasteiger partial charge >= 0.3 is 5.97 Å². The zero-order chi connectivity index (χ0) is 23.9. The third kappa shape index (κ3) is 4.47. The SMILES string of the molecule is O=C(O[C@H]1CO[C@H]2[C@@H]1OC[C@@H]2OCc1c(-c2c(Cl)cccc2Cl)noc1C1CC1)c1ccccc1. The van der Waals surface area contributed by atoms with Crippen LogP contribution in [0.3, 0.4) is 0 Å². The third-order valence-corrected chi connectivity index (χ3v) is 7.27. The van der Waals surface area contributed by atoms with Crippen molar-refractivity contribution in [2.45, 2.75) is 49.8 Å². The van der Waals surface area contributed by atoms with Crippen molar-refractivity contribution in [1.82, 2.24) is 5.16 Å². The van der Waals surface area contributed by atoms with Gasteiger partial charge in [-0.15, -0.1) is 0 Å². The molecule has 0 unspecified atom stereocenters. The van der Waals surface area contributed by atoms with Crippen molar-refractivity contribution in [3.05, 3.63) is 75.5 Å². The monoisotopic (exact) mass is 515 g/mol. The normalized spacial score (nSPS) is 25.5. The Morgan fingerprint density at radius 2 is 1.63 bits per heavy atom. The molecular weight excluding hydrogens is 493 g/mol. The smallest absolute Gasteiger partial charge is 0.338 e. The minimum Gasteiger partial charge on any atom is -0.453 e. The van der Waals surface area contributed by atoms with E-state index in [1.54, 1.807) is 42.5 Å². The Hall–Kier alpha value is -2.42. The van der Waals surface area contributed by atoms with Crippen LogP contribution in [0.15, 0.2) is 53.1 Å². The summed E-state index contributed by atoms with van der Waals surface area (Å²) >= 11 is 12.9. The van der Waals surface area contributed by atoms with Gasteiger partial charge in [-0.25, -0.2) is 4.79 Å². The Balaban J connectivity index is 1.16. The molecule has 2 aliphatic heterocycles. The Morgan fingerprint density at radius 3 is 2.34 bits per heavy atom. The van der Waals surface area contributed by atoms with E-state index in [2.05, 4.69) is 5.16 Å². The largest absolute Gasteiger partial charge is 0.453 e. The molecule has 4 atom stereocenters. The van der Waals surface area contributed by atoms with Gasteiger partial charge in [-0.1, -0.05) is 52.6 Å². The predicted octanol–water partition coefficient (Wildman–Crippen LogP) is 5.43. The van der Waals surface area contributed by atoms with Crippen molar-refractivity contribution in [3.63, 3.8) is 0 Å². The van der Waals surface area contributed by atoms with E-state index < -0.39 is 12.1 Å². The van der Waals surface area contributed by atoms with Gasteiger partial charge in [0.2, 0.25) is 0 Å². The fraction of sp³-hybridized carbons (Fsp3) is 0.385. The van der Waals surface area contributed by atoms with Gasteiger partial charge in [0.1, 0.15) is 29.8 Å². The maximum Gasteiger partial charge on any atom is 0.338 e. The number of carbonyl (C=O) groups excluding carboxylic acids is 1. The van der Waals surface area contributed by atoms with Crippen LogP contribution >= 0.6 is 23.2 Å². The van der Waals surface area contributed by atoms with Crippen LogP contribution in [0.4, 0.5) is 0 Å². The Morgan fingerprint density at radius 1 is 0.943 bits per heavy atom. The van der Waals surface area contributed by atoms with E-state index in [0.29, 0.717) is 39.4 Å². The van der Waals surface area contributed by atoms with Gasteiger partial charge < -0.3 is 23.5 Å². The summed E-state index contributed by atoms with van der Waals surface area (Å²) in [5.41, 5.74) is 2.57. The van der Waals surface area contributed by atoms with E-state index in [-0.39, 0.29) is 31.5 Å². The van der Waals surface area contributed by atoms with Gasteiger partial charge in [-0.3, -0.25) is 0 Å². The summed E-state index contributed by atoms with van der Waals surface area (Å²) in [6, 6.07) is 14.2. The van der Waals surface area contributed by atoms with Gasteiger partial charge in [-0.2, -0.15) is 0 Å². The number of ether oxygens (including phenoxy) is 4. The summed E-state index contributed by atoms with van der Waals surface area (Å²) in [7, 11) is 0. The lowest BCUT2D eigenvalue weighted by Crippen LogP contribution is -2.35. The molecule has 0 N–H and O–H groups in total. The van der Waals surface area contributed by atoms with Crippen molar-refractivity contribution in [3.8, 4) is 11.3 Å². The molecule has 2 saturated heterocycles.